The molecule has 0 radical (unpaired) electrons. The number of amides is 3. The predicted octanol–water partition coefficient (Wildman–Crippen LogP) is 2.55. The first-order valence-corrected chi connectivity index (χ1v) is 9.05. The summed E-state index contributed by atoms with van der Waals surface area (Å²) < 4.78 is 5.28. The highest BCUT2D eigenvalue weighted by Gasteiger charge is 2.55. The first-order chi connectivity index (χ1) is 13.0. The van der Waals surface area contributed by atoms with Crippen molar-refractivity contribution < 1.29 is 19.1 Å². The highest BCUT2D eigenvalue weighted by molar-refractivity contribution is 6.09. The molecule has 6 nitrogen and oxygen atoms in total. The van der Waals surface area contributed by atoms with E-state index in [-0.39, 0.29) is 0 Å². The minimum atomic E-state index is -1.06. The van der Waals surface area contributed by atoms with E-state index in [0.717, 1.165) is 28.0 Å². The fourth-order valence-electron chi connectivity index (χ4n) is 3.82. The number of imide groups is 1. The van der Waals surface area contributed by atoms with Gasteiger partial charge in [0, 0.05) is 0 Å². The second kappa shape index (κ2) is 6.54. The first kappa shape index (κ1) is 17.3. The van der Waals surface area contributed by atoms with Gasteiger partial charge in [-0.15, -0.1) is 0 Å². The number of rotatable bonds is 4. The van der Waals surface area contributed by atoms with Crippen LogP contribution in [0.4, 0.5) is 4.79 Å². The molecule has 4 rings (SSSR count). The van der Waals surface area contributed by atoms with Crippen LogP contribution in [0.5, 0.6) is 5.75 Å². The van der Waals surface area contributed by atoms with E-state index < -0.39 is 30.0 Å². The first-order valence-electron chi connectivity index (χ1n) is 9.05. The number of aryl methyl sites for hydroxylation is 2. The van der Waals surface area contributed by atoms with Gasteiger partial charge in [0.05, 0.1) is 0 Å². The number of fused-ring (bicyclic) bond motifs is 2. The predicted molar refractivity (Wildman–Crippen MR) is 98.1 cm³/mol. The second-order valence-corrected chi connectivity index (χ2v) is 6.86. The molecule has 1 atom stereocenters. The van der Waals surface area contributed by atoms with Gasteiger partial charge >= 0.3 is 12.0 Å². The van der Waals surface area contributed by atoms with Crippen LogP contribution in [0, 0.1) is 0 Å². The summed E-state index contributed by atoms with van der Waals surface area (Å²) in [4.78, 5) is 38.6. The van der Waals surface area contributed by atoms with E-state index in [1.54, 1.807) is 12.1 Å². The number of nitrogens with one attached hydrogen (secondary N) is 1. The number of carbonyl (C=O) groups excluding carboxylic acids is 3. The molecule has 27 heavy (non-hydrogen) atoms. The van der Waals surface area contributed by atoms with Crippen molar-refractivity contribution >= 4 is 17.9 Å². The summed E-state index contributed by atoms with van der Waals surface area (Å²) in [5.41, 5.74) is 1.93. The van der Waals surface area contributed by atoms with Crippen LogP contribution in [-0.4, -0.2) is 29.4 Å². The minimum absolute atomic E-state index is 0.393. The lowest BCUT2D eigenvalue weighted by atomic mass is 9.92. The lowest BCUT2D eigenvalue weighted by molar-refractivity contribution is -0.141. The van der Waals surface area contributed by atoms with Gasteiger partial charge in [-0.25, -0.2) is 9.59 Å². The average molecular weight is 364 g/mol. The van der Waals surface area contributed by atoms with Crippen molar-refractivity contribution in [3.05, 3.63) is 65.2 Å². The maximum atomic E-state index is 13.0. The topological polar surface area (TPSA) is 75.7 Å². The molecule has 3 amide bonds. The van der Waals surface area contributed by atoms with Crippen LogP contribution in [0.3, 0.4) is 0 Å². The van der Waals surface area contributed by atoms with Crippen LogP contribution in [0.2, 0.25) is 0 Å². The summed E-state index contributed by atoms with van der Waals surface area (Å²) in [5, 5.41) is 2.80. The van der Waals surface area contributed by atoms with E-state index in [0.29, 0.717) is 18.6 Å². The van der Waals surface area contributed by atoms with Gasteiger partial charge in [0.15, 0.2) is 0 Å². The summed E-state index contributed by atoms with van der Waals surface area (Å²) in [7, 11) is 0. The second-order valence-electron chi connectivity index (χ2n) is 6.86. The van der Waals surface area contributed by atoms with Gasteiger partial charge in [0.2, 0.25) is 0 Å². The van der Waals surface area contributed by atoms with Crippen molar-refractivity contribution in [1.29, 1.82) is 0 Å². The highest BCUT2D eigenvalue weighted by Crippen LogP contribution is 2.41. The number of hydrogen-bond donors (Lipinski definition) is 1. The molecule has 2 aliphatic rings. The number of benzene rings is 2. The molecule has 1 N–H and O–H groups in total. The molecule has 1 fully saturated rings. The molecule has 1 saturated heterocycles. The van der Waals surface area contributed by atoms with Crippen LogP contribution >= 0.6 is 0 Å². The number of nitrogens with zero attached hydrogens (tertiary/aromatic N) is 1. The number of urea groups is 1. The van der Waals surface area contributed by atoms with E-state index in [1.807, 2.05) is 43.3 Å². The van der Waals surface area contributed by atoms with Crippen molar-refractivity contribution in [1.82, 2.24) is 10.2 Å². The molecular formula is C21H20N2O4. The van der Waals surface area contributed by atoms with Gasteiger partial charge in [0.1, 0.15) is 17.8 Å². The maximum absolute atomic E-state index is 13.0. The van der Waals surface area contributed by atoms with Gasteiger partial charge < -0.3 is 10.1 Å². The highest BCUT2D eigenvalue weighted by atomic mass is 16.5. The van der Waals surface area contributed by atoms with Crippen molar-refractivity contribution in [3.63, 3.8) is 0 Å². The van der Waals surface area contributed by atoms with Gasteiger partial charge in [-0.2, -0.15) is 0 Å². The zero-order valence-corrected chi connectivity index (χ0v) is 15.0. The Balaban J connectivity index is 1.49. The van der Waals surface area contributed by atoms with Crippen molar-refractivity contribution in [2.24, 2.45) is 0 Å². The van der Waals surface area contributed by atoms with E-state index in [4.69, 9.17) is 4.74 Å². The van der Waals surface area contributed by atoms with E-state index in [2.05, 4.69) is 5.32 Å². The summed E-state index contributed by atoms with van der Waals surface area (Å²) in [6.07, 6.45) is 2.10. The van der Waals surface area contributed by atoms with Crippen LogP contribution in [0.15, 0.2) is 48.5 Å². The zero-order chi connectivity index (χ0) is 19.0. The Morgan fingerprint density at radius 1 is 1.15 bits per heavy atom. The summed E-state index contributed by atoms with van der Waals surface area (Å²) >= 11 is 0. The number of hydrogen-bond acceptors (Lipinski definition) is 4. The fourth-order valence-corrected chi connectivity index (χ4v) is 3.82. The normalized spacial score (nSPS) is 20.7. The molecule has 0 saturated carbocycles. The molecule has 1 aliphatic carbocycles. The minimum Gasteiger partial charge on any atom is -0.425 e. The molecule has 6 heteroatoms. The van der Waals surface area contributed by atoms with Crippen LogP contribution in [0.25, 0.3) is 0 Å². The lowest BCUT2D eigenvalue weighted by Crippen LogP contribution is -2.42. The third-order valence-electron chi connectivity index (χ3n) is 5.27. The molecule has 0 aromatic heterocycles. The van der Waals surface area contributed by atoms with E-state index >= 15 is 0 Å². The zero-order valence-electron chi connectivity index (χ0n) is 15.0. The van der Waals surface area contributed by atoms with Crippen molar-refractivity contribution in [2.45, 2.75) is 31.7 Å². The molecular weight excluding hydrogens is 344 g/mol. The largest absolute Gasteiger partial charge is 0.425 e. The SMILES string of the molecule is CCc1ccc(OC(=O)CN2C(=O)NC3(CCc4ccccc43)C2=O)cc1. The van der Waals surface area contributed by atoms with E-state index in [1.165, 1.54) is 0 Å². The van der Waals surface area contributed by atoms with Crippen LogP contribution < -0.4 is 10.1 Å². The Kier molecular flexibility index (Phi) is 4.18. The Labute approximate surface area is 157 Å². The van der Waals surface area contributed by atoms with E-state index in [9.17, 15) is 14.4 Å². The number of esters is 1. The molecule has 1 aliphatic heterocycles. The molecule has 1 heterocycles. The Bertz CT molecular complexity index is 922. The van der Waals surface area contributed by atoms with Gasteiger partial charge in [-0.3, -0.25) is 9.69 Å². The maximum Gasteiger partial charge on any atom is 0.331 e. The summed E-state index contributed by atoms with van der Waals surface area (Å²) in [6, 6.07) is 14.2. The van der Waals surface area contributed by atoms with Crippen molar-refractivity contribution in [3.8, 4) is 5.75 Å². The smallest absolute Gasteiger partial charge is 0.331 e. The molecule has 0 bridgehead atoms. The van der Waals surface area contributed by atoms with Crippen LogP contribution in [0.1, 0.15) is 30.0 Å². The van der Waals surface area contributed by atoms with Crippen LogP contribution in [-0.2, 0) is 28.0 Å². The van der Waals surface area contributed by atoms with Gasteiger partial charge in [0.25, 0.3) is 5.91 Å². The summed E-state index contributed by atoms with van der Waals surface area (Å²) in [5.74, 6) is -0.646. The lowest BCUT2D eigenvalue weighted by Gasteiger charge is -2.22. The quantitative estimate of drug-likeness (QED) is 0.514. The van der Waals surface area contributed by atoms with Gasteiger partial charge in [-0.05, 0) is 48.1 Å². The Hall–Kier alpha value is -3.15. The molecule has 2 aromatic carbocycles. The number of ether oxygens (including phenoxy) is 1. The third-order valence-corrected chi connectivity index (χ3v) is 5.27. The Morgan fingerprint density at radius 3 is 2.63 bits per heavy atom. The molecule has 1 unspecified atom stereocenters. The monoisotopic (exact) mass is 364 g/mol. The standard InChI is InChI=1S/C21H20N2O4/c1-2-14-7-9-16(10-8-14)27-18(24)13-23-19(25)21(22-20(23)26)12-11-15-5-3-4-6-17(15)21/h3-10H,2,11-13H2,1H3,(H,22,26). The summed E-state index contributed by atoms with van der Waals surface area (Å²) in [6.45, 7) is 1.62. The third kappa shape index (κ3) is 2.87. The average Bonchev–Trinajstić information content (AvgIpc) is 3.16. The molecule has 2 aromatic rings. The molecule has 138 valence electrons. The Morgan fingerprint density at radius 2 is 1.89 bits per heavy atom. The number of carbonyl (C=O) groups is 3. The molecule has 1 spiro atoms. The fraction of sp³-hybridized carbons (Fsp3) is 0.286. The van der Waals surface area contributed by atoms with Crippen molar-refractivity contribution in [2.75, 3.05) is 6.54 Å². The van der Waals surface area contributed by atoms with Gasteiger partial charge in [-0.1, -0.05) is 43.3 Å².